The number of nitrogens with two attached hydrogens (primary N) is 1. The molecule has 0 aromatic carbocycles. The van der Waals surface area contributed by atoms with Gasteiger partial charge in [0.2, 0.25) is 0 Å². The van der Waals surface area contributed by atoms with Crippen molar-refractivity contribution in [3.63, 3.8) is 0 Å². The molecule has 104 valence electrons. The minimum absolute atomic E-state index is 0.0472. The van der Waals surface area contributed by atoms with Crippen molar-refractivity contribution < 1.29 is 4.42 Å². The molecule has 0 radical (unpaired) electrons. The normalized spacial score (nSPS) is 14.5. The molecule has 0 amide bonds. The minimum Gasteiger partial charge on any atom is -0.469 e. The van der Waals surface area contributed by atoms with Crippen LogP contribution in [0, 0.1) is 0 Å². The van der Waals surface area contributed by atoms with Gasteiger partial charge in [0.1, 0.15) is 5.76 Å². The van der Waals surface area contributed by atoms with Gasteiger partial charge in [-0.05, 0) is 25.5 Å². The Labute approximate surface area is 114 Å². The molecule has 0 aliphatic carbocycles. The average Bonchev–Trinajstić information content (AvgIpc) is 3.05. The highest BCUT2D eigenvalue weighted by Gasteiger charge is 2.15. The third-order valence-electron chi connectivity index (χ3n) is 3.64. The molecule has 0 saturated heterocycles. The summed E-state index contributed by atoms with van der Waals surface area (Å²) in [5.41, 5.74) is 8.39. The lowest BCUT2D eigenvalue weighted by atomic mass is 10.0. The molecule has 0 fully saturated rings. The number of nitrogens with zero attached hydrogens (tertiary/aromatic N) is 2. The quantitative estimate of drug-likeness (QED) is 0.868. The van der Waals surface area contributed by atoms with Gasteiger partial charge in [0, 0.05) is 36.7 Å². The number of furan rings is 1. The lowest BCUT2D eigenvalue weighted by molar-refractivity contribution is 0.471. The topological polar surface area (TPSA) is 57.0 Å². The molecule has 0 spiro atoms. The number of aromatic nitrogens is 2. The highest BCUT2D eigenvalue weighted by atomic mass is 16.3. The molecule has 19 heavy (non-hydrogen) atoms. The van der Waals surface area contributed by atoms with Crippen LogP contribution in [0.4, 0.5) is 0 Å². The van der Waals surface area contributed by atoms with Crippen molar-refractivity contribution in [2.24, 2.45) is 5.73 Å². The maximum absolute atomic E-state index is 6.26. The van der Waals surface area contributed by atoms with E-state index in [1.807, 2.05) is 16.9 Å². The van der Waals surface area contributed by atoms with Gasteiger partial charge in [-0.3, -0.25) is 4.68 Å². The van der Waals surface area contributed by atoms with Crippen LogP contribution in [0.25, 0.3) is 0 Å². The second-order valence-electron chi connectivity index (χ2n) is 5.01. The maximum Gasteiger partial charge on any atom is 0.108 e. The molecule has 0 aliphatic rings. The summed E-state index contributed by atoms with van der Waals surface area (Å²) in [6.45, 7) is 6.41. The summed E-state index contributed by atoms with van der Waals surface area (Å²) in [4.78, 5) is 0. The van der Waals surface area contributed by atoms with E-state index in [0.29, 0.717) is 6.04 Å². The summed E-state index contributed by atoms with van der Waals surface area (Å²) in [5.74, 6) is 0.980. The third kappa shape index (κ3) is 3.07. The van der Waals surface area contributed by atoms with Gasteiger partial charge in [-0.15, -0.1) is 0 Å². The molecule has 4 heteroatoms. The average molecular weight is 261 g/mol. The second-order valence-corrected chi connectivity index (χ2v) is 5.01. The first-order valence-electron chi connectivity index (χ1n) is 7.01. The van der Waals surface area contributed by atoms with E-state index in [1.54, 1.807) is 6.26 Å². The predicted molar refractivity (Wildman–Crippen MR) is 75.9 cm³/mol. The molecule has 2 atom stereocenters. The van der Waals surface area contributed by atoms with Crippen molar-refractivity contribution in [3.8, 4) is 0 Å². The lowest BCUT2D eigenvalue weighted by Crippen LogP contribution is -2.15. The first-order valence-corrected chi connectivity index (χ1v) is 7.01. The van der Waals surface area contributed by atoms with Crippen LogP contribution in [-0.4, -0.2) is 9.78 Å². The van der Waals surface area contributed by atoms with Gasteiger partial charge in [-0.1, -0.05) is 13.8 Å². The van der Waals surface area contributed by atoms with Gasteiger partial charge in [0.25, 0.3) is 0 Å². The molecular formula is C15H23N3O. The van der Waals surface area contributed by atoms with Crippen LogP contribution in [0.5, 0.6) is 0 Å². The molecule has 2 heterocycles. The Hall–Kier alpha value is -1.55. The lowest BCUT2D eigenvalue weighted by Gasteiger charge is -2.11. The summed E-state index contributed by atoms with van der Waals surface area (Å²) in [6.07, 6.45) is 6.44. The summed E-state index contributed by atoms with van der Waals surface area (Å²) >= 11 is 0. The van der Waals surface area contributed by atoms with Gasteiger partial charge >= 0.3 is 0 Å². The van der Waals surface area contributed by atoms with E-state index >= 15 is 0 Å². The molecular weight excluding hydrogens is 238 g/mol. The fourth-order valence-corrected chi connectivity index (χ4v) is 2.22. The number of rotatable bonds is 6. The highest BCUT2D eigenvalue weighted by molar-refractivity contribution is 5.22. The van der Waals surface area contributed by atoms with E-state index in [-0.39, 0.29) is 6.04 Å². The summed E-state index contributed by atoms with van der Waals surface area (Å²) < 4.78 is 7.44. The maximum atomic E-state index is 6.26. The van der Waals surface area contributed by atoms with Crippen molar-refractivity contribution in [2.45, 2.75) is 52.1 Å². The van der Waals surface area contributed by atoms with E-state index < -0.39 is 0 Å². The third-order valence-corrected chi connectivity index (χ3v) is 3.64. The molecule has 4 nitrogen and oxygen atoms in total. The molecule has 0 bridgehead atoms. The molecule has 2 aromatic rings. The van der Waals surface area contributed by atoms with Crippen molar-refractivity contribution in [3.05, 3.63) is 41.6 Å². The first-order chi connectivity index (χ1) is 9.15. The number of aryl methyl sites for hydroxylation is 1. The minimum atomic E-state index is -0.0472. The Bertz CT molecular complexity index is 515. The first kappa shape index (κ1) is 13.9. The van der Waals surface area contributed by atoms with Gasteiger partial charge in [-0.2, -0.15) is 5.10 Å². The van der Waals surface area contributed by atoms with Crippen LogP contribution in [0.3, 0.4) is 0 Å². The van der Waals surface area contributed by atoms with Crippen LogP contribution in [0.2, 0.25) is 0 Å². The smallest absolute Gasteiger partial charge is 0.108 e. The molecule has 0 saturated carbocycles. The van der Waals surface area contributed by atoms with Crippen molar-refractivity contribution >= 4 is 0 Å². The van der Waals surface area contributed by atoms with E-state index in [0.717, 1.165) is 36.3 Å². The standard InChI is InChI=1S/C15H23N3O/c1-4-11(3)18-8-6-12(17-18)10-14(16)13-7-9-19-15(13)5-2/h6-9,11,14H,4-5,10,16H2,1-3H3. The monoisotopic (exact) mass is 261 g/mol. The van der Waals surface area contributed by atoms with Gasteiger partial charge in [0.15, 0.2) is 0 Å². The Morgan fingerprint density at radius 1 is 1.37 bits per heavy atom. The number of hydrogen-bond acceptors (Lipinski definition) is 3. The zero-order valence-electron chi connectivity index (χ0n) is 12.0. The second kappa shape index (κ2) is 6.06. The molecule has 0 aliphatic heterocycles. The summed E-state index contributed by atoms with van der Waals surface area (Å²) in [7, 11) is 0. The van der Waals surface area contributed by atoms with Crippen LogP contribution in [-0.2, 0) is 12.8 Å². The zero-order chi connectivity index (χ0) is 13.8. The predicted octanol–water partition coefficient (Wildman–Crippen LogP) is 3.25. The van der Waals surface area contributed by atoms with E-state index in [4.69, 9.17) is 10.2 Å². The Morgan fingerprint density at radius 3 is 2.84 bits per heavy atom. The van der Waals surface area contributed by atoms with Crippen LogP contribution < -0.4 is 5.73 Å². The molecule has 2 aromatic heterocycles. The van der Waals surface area contributed by atoms with Gasteiger partial charge in [-0.25, -0.2) is 0 Å². The summed E-state index contributed by atoms with van der Waals surface area (Å²) in [5, 5.41) is 4.59. The Balaban J connectivity index is 2.06. The van der Waals surface area contributed by atoms with E-state index in [2.05, 4.69) is 31.9 Å². The van der Waals surface area contributed by atoms with E-state index in [9.17, 15) is 0 Å². The number of hydrogen-bond donors (Lipinski definition) is 1. The zero-order valence-corrected chi connectivity index (χ0v) is 12.0. The van der Waals surface area contributed by atoms with Crippen LogP contribution in [0.1, 0.15) is 56.3 Å². The fourth-order valence-electron chi connectivity index (χ4n) is 2.22. The van der Waals surface area contributed by atoms with E-state index in [1.165, 1.54) is 0 Å². The van der Waals surface area contributed by atoms with Crippen molar-refractivity contribution in [2.75, 3.05) is 0 Å². The molecule has 2 unspecified atom stereocenters. The molecule has 2 rings (SSSR count). The molecule has 2 N–H and O–H groups in total. The Kier molecular flexibility index (Phi) is 4.43. The Morgan fingerprint density at radius 2 is 2.16 bits per heavy atom. The summed E-state index contributed by atoms with van der Waals surface area (Å²) in [6, 6.07) is 4.41. The van der Waals surface area contributed by atoms with Gasteiger partial charge < -0.3 is 10.2 Å². The van der Waals surface area contributed by atoms with Crippen LogP contribution in [0.15, 0.2) is 29.0 Å². The van der Waals surface area contributed by atoms with Crippen molar-refractivity contribution in [1.82, 2.24) is 9.78 Å². The highest BCUT2D eigenvalue weighted by Crippen LogP contribution is 2.21. The van der Waals surface area contributed by atoms with Crippen molar-refractivity contribution in [1.29, 1.82) is 0 Å². The SMILES string of the molecule is CCc1occc1C(N)Cc1ccn(C(C)CC)n1. The van der Waals surface area contributed by atoms with Gasteiger partial charge in [0.05, 0.1) is 12.0 Å². The largest absolute Gasteiger partial charge is 0.469 e. The van der Waals surface area contributed by atoms with Crippen LogP contribution >= 0.6 is 0 Å². The fraction of sp³-hybridized carbons (Fsp3) is 0.533.